The largest absolute Gasteiger partial charge is 0.488 e. The molecule has 0 bridgehead atoms. The summed E-state index contributed by atoms with van der Waals surface area (Å²) in [5.41, 5.74) is 2.37. The average molecular weight is 272 g/mol. The first kappa shape index (κ1) is 14.6. The van der Waals surface area contributed by atoms with Crippen LogP contribution in [0, 0.1) is 6.92 Å². The Morgan fingerprint density at radius 3 is 2.40 bits per heavy atom. The van der Waals surface area contributed by atoms with Gasteiger partial charge >= 0.3 is 0 Å². The number of aryl methyl sites for hydroxylation is 1. The molecule has 0 saturated carbocycles. The van der Waals surface area contributed by atoms with E-state index in [0.29, 0.717) is 6.61 Å². The summed E-state index contributed by atoms with van der Waals surface area (Å²) in [5.74, 6) is 0.737. The fourth-order valence-electron chi connectivity index (χ4n) is 1.81. The van der Waals surface area contributed by atoms with Gasteiger partial charge in [0.2, 0.25) is 0 Å². The lowest BCUT2D eigenvalue weighted by Crippen LogP contribution is -2.22. The van der Waals surface area contributed by atoms with Crippen LogP contribution in [-0.4, -0.2) is 24.6 Å². The van der Waals surface area contributed by atoms with Gasteiger partial charge in [-0.1, -0.05) is 48.0 Å². The highest BCUT2D eigenvalue weighted by Crippen LogP contribution is 2.11. The molecular formula is C17H20O3. The van der Waals surface area contributed by atoms with Crippen LogP contribution < -0.4 is 4.74 Å². The fraction of sp³-hybridized carbons (Fsp3) is 0.294. The smallest absolute Gasteiger partial charge is 0.189 e. The number of rotatable bonds is 7. The predicted molar refractivity (Wildman–Crippen MR) is 78.8 cm³/mol. The third-order valence-corrected chi connectivity index (χ3v) is 2.96. The molecule has 0 unspecified atom stereocenters. The molecule has 1 N–H and O–H groups in total. The molecule has 2 aromatic rings. The Kier molecular flexibility index (Phi) is 5.59. The summed E-state index contributed by atoms with van der Waals surface area (Å²) < 4.78 is 10.8. The molecule has 0 aromatic heterocycles. The Balaban J connectivity index is 1.65. The van der Waals surface area contributed by atoms with Crippen LogP contribution in [0.15, 0.2) is 54.6 Å². The lowest BCUT2D eigenvalue weighted by atomic mass is 10.2. The van der Waals surface area contributed by atoms with Crippen molar-refractivity contribution in [1.82, 2.24) is 0 Å². The van der Waals surface area contributed by atoms with E-state index in [1.807, 2.05) is 61.5 Å². The number of ether oxygens (including phenoxy) is 2. The number of benzene rings is 2. The van der Waals surface area contributed by atoms with Crippen molar-refractivity contribution in [3.8, 4) is 5.75 Å². The highest BCUT2D eigenvalue weighted by molar-refractivity contribution is 5.26. The molecule has 0 aliphatic heterocycles. The maximum atomic E-state index is 9.70. The monoisotopic (exact) mass is 272 g/mol. The Morgan fingerprint density at radius 1 is 1.00 bits per heavy atom. The molecular weight excluding hydrogens is 252 g/mol. The minimum Gasteiger partial charge on any atom is -0.488 e. The lowest BCUT2D eigenvalue weighted by molar-refractivity contribution is -0.118. The van der Waals surface area contributed by atoms with Gasteiger partial charge in [0, 0.05) is 0 Å². The van der Waals surface area contributed by atoms with Crippen LogP contribution in [0.5, 0.6) is 5.75 Å². The van der Waals surface area contributed by atoms with E-state index >= 15 is 0 Å². The molecule has 3 heteroatoms. The lowest BCUT2D eigenvalue weighted by Gasteiger charge is -2.13. The van der Waals surface area contributed by atoms with Crippen LogP contribution in [0.25, 0.3) is 0 Å². The van der Waals surface area contributed by atoms with Gasteiger partial charge in [0.15, 0.2) is 6.29 Å². The SMILES string of the molecule is Cc1ccc(OC[C@H](O)OCCc2ccccc2)cc1. The Bertz CT molecular complexity index is 493. The second-order valence-electron chi connectivity index (χ2n) is 4.69. The summed E-state index contributed by atoms with van der Waals surface area (Å²) in [4.78, 5) is 0. The third-order valence-electron chi connectivity index (χ3n) is 2.96. The Hall–Kier alpha value is -1.84. The molecule has 0 saturated heterocycles. The van der Waals surface area contributed by atoms with Crippen molar-refractivity contribution in [2.75, 3.05) is 13.2 Å². The number of aliphatic hydroxyl groups excluding tert-OH is 1. The zero-order chi connectivity index (χ0) is 14.2. The molecule has 2 rings (SSSR count). The standard InChI is InChI=1S/C17H20O3/c1-14-7-9-16(10-8-14)20-13-17(18)19-12-11-15-5-3-2-4-6-15/h2-10,17-18H,11-13H2,1H3/t17-/m1/s1. The Labute approximate surface area is 119 Å². The van der Waals surface area contributed by atoms with Crippen molar-refractivity contribution in [3.63, 3.8) is 0 Å². The summed E-state index contributed by atoms with van der Waals surface area (Å²) in [6, 6.07) is 17.7. The summed E-state index contributed by atoms with van der Waals surface area (Å²) in [6.07, 6.45) is -0.123. The average Bonchev–Trinajstić information content (AvgIpc) is 2.48. The van der Waals surface area contributed by atoms with Crippen LogP contribution >= 0.6 is 0 Å². The molecule has 0 fully saturated rings. The van der Waals surface area contributed by atoms with Gasteiger partial charge in [-0.25, -0.2) is 0 Å². The minimum absolute atomic E-state index is 0.137. The Morgan fingerprint density at radius 2 is 1.70 bits per heavy atom. The van der Waals surface area contributed by atoms with E-state index in [1.54, 1.807) is 0 Å². The maximum absolute atomic E-state index is 9.70. The van der Waals surface area contributed by atoms with Gasteiger partial charge < -0.3 is 14.6 Å². The van der Waals surface area contributed by atoms with Crippen molar-refractivity contribution in [2.45, 2.75) is 19.6 Å². The van der Waals surface area contributed by atoms with Gasteiger partial charge in [0.1, 0.15) is 12.4 Å². The molecule has 0 radical (unpaired) electrons. The normalized spacial score (nSPS) is 12.1. The van der Waals surface area contributed by atoms with E-state index in [9.17, 15) is 5.11 Å². The topological polar surface area (TPSA) is 38.7 Å². The second kappa shape index (κ2) is 7.68. The number of aliphatic hydroxyl groups is 1. The molecule has 0 aliphatic carbocycles. The maximum Gasteiger partial charge on any atom is 0.189 e. The van der Waals surface area contributed by atoms with Crippen molar-refractivity contribution < 1.29 is 14.6 Å². The number of hydrogen-bond acceptors (Lipinski definition) is 3. The van der Waals surface area contributed by atoms with Crippen LogP contribution in [0.3, 0.4) is 0 Å². The van der Waals surface area contributed by atoms with E-state index < -0.39 is 6.29 Å². The first-order valence-electron chi connectivity index (χ1n) is 6.77. The van der Waals surface area contributed by atoms with Crippen LogP contribution in [0.1, 0.15) is 11.1 Å². The van der Waals surface area contributed by atoms with E-state index in [1.165, 1.54) is 11.1 Å². The minimum atomic E-state index is -0.903. The highest BCUT2D eigenvalue weighted by atomic mass is 16.6. The first-order chi connectivity index (χ1) is 9.74. The summed E-state index contributed by atoms with van der Waals surface area (Å²) >= 11 is 0. The van der Waals surface area contributed by atoms with Gasteiger partial charge in [-0.2, -0.15) is 0 Å². The van der Waals surface area contributed by atoms with E-state index in [-0.39, 0.29) is 6.61 Å². The van der Waals surface area contributed by atoms with E-state index in [4.69, 9.17) is 9.47 Å². The van der Waals surface area contributed by atoms with Crippen molar-refractivity contribution in [2.24, 2.45) is 0 Å². The van der Waals surface area contributed by atoms with Crippen LogP contribution in [0.2, 0.25) is 0 Å². The van der Waals surface area contributed by atoms with Gasteiger partial charge in [0.25, 0.3) is 0 Å². The molecule has 20 heavy (non-hydrogen) atoms. The van der Waals surface area contributed by atoms with Crippen LogP contribution in [0.4, 0.5) is 0 Å². The molecule has 0 amide bonds. The molecule has 0 heterocycles. The third kappa shape index (κ3) is 5.03. The van der Waals surface area contributed by atoms with E-state index in [2.05, 4.69) is 0 Å². The van der Waals surface area contributed by atoms with Crippen molar-refractivity contribution >= 4 is 0 Å². The van der Waals surface area contributed by atoms with Crippen molar-refractivity contribution in [3.05, 3.63) is 65.7 Å². The predicted octanol–water partition coefficient (Wildman–Crippen LogP) is 2.95. The molecule has 106 valence electrons. The summed E-state index contributed by atoms with van der Waals surface area (Å²) in [7, 11) is 0. The summed E-state index contributed by atoms with van der Waals surface area (Å²) in [6.45, 7) is 2.63. The molecule has 1 atom stereocenters. The second-order valence-corrected chi connectivity index (χ2v) is 4.69. The quantitative estimate of drug-likeness (QED) is 0.788. The molecule has 2 aromatic carbocycles. The zero-order valence-corrected chi connectivity index (χ0v) is 11.7. The summed E-state index contributed by atoms with van der Waals surface area (Å²) in [5, 5.41) is 9.70. The van der Waals surface area contributed by atoms with Gasteiger partial charge in [-0.05, 0) is 31.0 Å². The van der Waals surface area contributed by atoms with Gasteiger partial charge in [0.05, 0.1) is 6.61 Å². The first-order valence-corrected chi connectivity index (χ1v) is 6.77. The van der Waals surface area contributed by atoms with Gasteiger partial charge in [-0.15, -0.1) is 0 Å². The zero-order valence-electron chi connectivity index (χ0n) is 11.7. The van der Waals surface area contributed by atoms with Gasteiger partial charge in [-0.3, -0.25) is 0 Å². The number of hydrogen-bond donors (Lipinski definition) is 1. The van der Waals surface area contributed by atoms with E-state index in [0.717, 1.165) is 12.2 Å². The van der Waals surface area contributed by atoms with Crippen molar-refractivity contribution in [1.29, 1.82) is 0 Å². The molecule has 0 aliphatic rings. The fourth-order valence-corrected chi connectivity index (χ4v) is 1.81. The molecule has 0 spiro atoms. The highest BCUT2D eigenvalue weighted by Gasteiger charge is 2.05. The molecule has 3 nitrogen and oxygen atoms in total. The van der Waals surface area contributed by atoms with Crippen LogP contribution in [-0.2, 0) is 11.2 Å².